The third-order valence-corrected chi connectivity index (χ3v) is 7.28. The van der Waals surface area contributed by atoms with Crippen molar-refractivity contribution in [3.63, 3.8) is 0 Å². The minimum absolute atomic E-state index is 0.0611. The zero-order chi connectivity index (χ0) is 20.5. The second-order valence-electron chi connectivity index (χ2n) is 6.61. The number of hydrogen-bond donors (Lipinski definition) is 1. The van der Waals surface area contributed by atoms with Gasteiger partial charge in [0.1, 0.15) is 21.7 Å². The monoisotopic (exact) mass is 425 g/mol. The Bertz CT molecular complexity index is 988. The first-order valence-corrected chi connectivity index (χ1v) is 11.3. The van der Waals surface area contributed by atoms with Gasteiger partial charge in [0, 0.05) is 18.7 Å². The van der Waals surface area contributed by atoms with E-state index in [2.05, 4.69) is 10.3 Å². The first-order chi connectivity index (χ1) is 13.2. The predicted molar refractivity (Wildman–Crippen MR) is 104 cm³/mol. The molecule has 0 radical (unpaired) electrons. The van der Waals surface area contributed by atoms with E-state index < -0.39 is 21.8 Å². The fraction of sp³-hybridized carbons (Fsp3) is 0.389. The Morgan fingerprint density at radius 3 is 2.43 bits per heavy atom. The highest BCUT2D eigenvalue weighted by Gasteiger charge is 2.29. The number of halogens is 1. The number of nitrogens with zero attached hydrogens (tertiary/aromatic N) is 2. The molecule has 150 valence electrons. The van der Waals surface area contributed by atoms with Crippen molar-refractivity contribution < 1.29 is 22.4 Å². The van der Waals surface area contributed by atoms with E-state index in [9.17, 15) is 22.4 Å². The first kappa shape index (κ1) is 20.4. The second kappa shape index (κ2) is 7.96. The molecular weight excluding hydrogens is 405 g/mol. The molecule has 1 aliphatic heterocycles. The van der Waals surface area contributed by atoms with Crippen molar-refractivity contribution in [2.75, 3.05) is 24.6 Å². The molecule has 2 heterocycles. The molecule has 10 heteroatoms. The molecule has 2 aromatic rings. The number of carbonyl (C=O) groups is 2. The van der Waals surface area contributed by atoms with E-state index in [1.807, 2.05) is 0 Å². The third kappa shape index (κ3) is 4.56. The van der Waals surface area contributed by atoms with E-state index >= 15 is 0 Å². The molecule has 28 heavy (non-hydrogen) atoms. The predicted octanol–water partition coefficient (Wildman–Crippen LogP) is 1.63. The van der Waals surface area contributed by atoms with Crippen LogP contribution in [-0.2, 0) is 14.6 Å². The Morgan fingerprint density at radius 1 is 1.21 bits per heavy atom. The van der Waals surface area contributed by atoms with Gasteiger partial charge in [0.15, 0.2) is 9.84 Å². The Kier molecular flexibility index (Phi) is 5.80. The lowest BCUT2D eigenvalue weighted by Gasteiger charge is -2.29. The van der Waals surface area contributed by atoms with Crippen molar-refractivity contribution in [1.82, 2.24) is 15.2 Å². The van der Waals surface area contributed by atoms with Crippen LogP contribution in [0.15, 0.2) is 24.3 Å². The number of aryl methyl sites for hydroxylation is 1. The molecular formula is C18H20FN3O4S2. The molecule has 1 aliphatic rings. The van der Waals surface area contributed by atoms with Crippen LogP contribution in [0.1, 0.15) is 22.3 Å². The molecule has 0 bridgehead atoms. The highest BCUT2D eigenvalue weighted by molar-refractivity contribution is 7.91. The third-order valence-electron chi connectivity index (χ3n) is 4.47. The molecule has 2 amide bonds. The van der Waals surface area contributed by atoms with E-state index in [1.54, 1.807) is 26.0 Å². The molecule has 1 aromatic carbocycles. The van der Waals surface area contributed by atoms with E-state index in [4.69, 9.17) is 0 Å². The minimum Gasteiger partial charge on any atom is -0.340 e. The van der Waals surface area contributed by atoms with Crippen molar-refractivity contribution in [3.05, 3.63) is 40.7 Å². The number of sulfone groups is 1. The molecule has 1 N–H and O–H groups in total. The van der Waals surface area contributed by atoms with Crippen molar-refractivity contribution in [2.45, 2.75) is 19.9 Å². The molecule has 1 unspecified atom stereocenters. The summed E-state index contributed by atoms with van der Waals surface area (Å²) in [7, 11) is -3.08. The van der Waals surface area contributed by atoms with Crippen LogP contribution >= 0.6 is 11.3 Å². The molecule has 3 rings (SSSR count). The SMILES string of the molecule is Cc1nc(-c2ccc(F)cc2)sc1C(=O)NC(C)C(=O)N1CCS(=O)(=O)CC1. The Morgan fingerprint density at radius 2 is 1.82 bits per heavy atom. The van der Waals surface area contributed by atoms with Gasteiger partial charge in [-0.15, -0.1) is 11.3 Å². The highest BCUT2D eigenvalue weighted by Crippen LogP contribution is 2.28. The van der Waals surface area contributed by atoms with E-state index in [0.717, 1.165) is 0 Å². The van der Waals surface area contributed by atoms with E-state index in [-0.39, 0.29) is 36.3 Å². The van der Waals surface area contributed by atoms with Crippen molar-refractivity contribution >= 4 is 33.0 Å². The van der Waals surface area contributed by atoms with Crippen molar-refractivity contribution in [2.24, 2.45) is 0 Å². The second-order valence-corrected chi connectivity index (χ2v) is 9.92. The summed E-state index contributed by atoms with van der Waals surface area (Å²) in [5.74, 6) is -1.21. The van der Waals surface area contributed by atoms with Crippen molar-refractivity contribution in [3.8, 4) is 10.6 Å². The first-order valence-electron chi connectivity index (χ1n) is 8.70. The average Bonchev–Trinajstić information content (AvgIpc) is 3.03. The van der Waals surface area contributed by atoms with Crippen LogP contribution < -0.4 is 5.32 Å². The summed E-state index contributed by atoms with van der Waals surface area (Å²) in [5, 5.41) is 3.25. The molecule has 1 aromatic heterocycles. The standard InChI is InChI=1S/C18H20FN3O4S2/c1-11-15(27-17(21-11)13-3-5-14(19)6-4-13)16(23)20-12(2)18(24)22-7-9-28(25,26)10-8-22/h3-6,12H,7-10H2,1-2H3,(H,20,23). The minimum atomic E-state index is -3.08. The number of benzene rings is 1. The molecule has 0 saturated carbocycles. The number of rotatable bonds is 4. The maximum absolute atomic E-state index is 13.1. The van der Waals surface area contributed by atoms with Gasteiger partial charge >= 0.3 is 0 Å². The van der Waals surface area contributed by atoms with Crippen LogP contribution in [0.3, 0.4) is 0 Å². The van der Waals surface area contributed by atoms with Crippen LogP contribution in [0.5, 0.6) is 0 Å². The summed E-state index contributed by atoms with van der Waals surface area (Å²) in [6.07, 6.45) is 0. The quantitative estimate of drug-likeness (QED) is 0.803. The van der Waals surface area contributed by atoms with Gasteiger partial charge in [0.2, 0.25) is 5.91 Å². The summed E-state index contributed by atoms with van der Waals surface area (Å²) >= 11 is 1.17. The van der Waals surface area contributed by atoms with Gasteiger partial charge in [-0.05, 0) is 38.1 Å². The largest absolute Gasteiger partial charge is 0.340 e. The summed E-state index contributed by atoms with van der Waals surface area (Å²) < 4.78 is 36.1. The Balaban J connectivity index is 1.67. The van der Waals surface area contributed by atoms with Gasteiger partial charge in [0.25, 0.3) is 5.91 Å². The number of aromatic nitrogens is 1. The van der Waals surface area contributed by atoms with Crippen LogP contribution in [0, 0.1) is 12.7 Å². The maximum Gasteiger partial charge on any atom is 0.263 e. The fourth-order valence-corrected chi connectivity index (χ4v) is 5.03. The lowest BCUT2D eigenvalue weighted by atomic mass is 10.2. The topological polar surface area (TPSA) is 96.4 Å². The molecule has 0 spiro atoms. The van der Waals surface area contributed by atoms with Gasteiger partial charge in [-0.1, -0.05) is 0 Å². The van der Waals surface area contributed by atoms with Gasteiger partial charge in [-0.25, -0.2) is 17.8 Å². The fourth-order valence-electron chi connectivity index (χ4n) is 2.85. The molecule has 7 nitrogen and oxygen atoms in total. The van der Waals surface area contributed by atoms with Gasteiger partial charge in [-0.2, -0.15) is 0 Å². The Hall–Kier alpha value is -2.33. The molecule has 1 fully saturated rings. The molecule has 1 saturated heterocycles. The number of amides is 2. The molecule has 0 aliphatic carbocycles. The van der Waals surface area contributed by atoms with Gasteiger partial charge in [0.05, 0.1) is 17.2 Å². The average molecular weight is 426 g/mol. The number of nitrogens with one attached hydrogen (secondary N) is 1. The number of thiazole rings is 1. The van der Waals surface area contributed by atoms with Crippen molar-refractivity contribution in [1.29, 1.82) is 0 Å². The van der Waals surface area contributed by atoms with Crippen LogP contribution in [-0.4, -0.2) is 60.8 Å². The zero-order valence-electron chi connectivity index (χ0n) is 15.4. The van der Waals surface area contributed by atoms with Gasteiger partial charge in [-0.3, -0.25) is 9.59 Å². The molecule has 1 atom stereocenters. The smallest absolute Gasteiger partial charge is 0.263 e. The summed E-state index contributed by atoms with van der Waals surface area (Å²) in [6, 6.07) is 5.04. The van der Waals surface area contributed by atoms with E-state index in [0.29, 0.717) is 21.1 Å². The highest BCUT2D eigenvalue weighted by atomic mass is 32.2. The zero-order valence-corrected chi connectivity index (χ0v) is 17.1. The summed E-state index contributed by atoms with van der Waals surface area (Å²) in [6.45, 7) is 3.53. The van der Waals surface area contributed by atoms with E-state index in [1.165, 1.54) is 28.4 Å². The lowest BCUT2D eigenvalue weighted by molar-refractivity contribution is -0.132. The number of carbonyl (C=O) groups excluding carboxylic acids is 2. The Labute approximate surface area is 166 Å². The van der Waals surface area contributed by atoms with Crippen LogP contribution in [0.25, 0.3) is 10.6 Å². The summed E-state index contributed by atoms with van der Waals surface area (Å²) in [4.78, 5) is 31.3. The number of hydrogen-bond acceptors (Lipinski definition) is 6. The summed E-state index contributed by atoms with van der Waals surface area (Å²) in [5.41, 5.74) is 1.22. The normalized spacial score (nSPS) is 17.2. The maximum atomic E-state index is 13.1. The van der Waals surface area contributed by atoms with Crippen LogP contribution in [0.2, 0.25) is 0 Å². The van der Waals surface area contributed by atoms with Gasteiger partial charge < -0.3 is 10.2 Å². The lowest BCUT2D eigenvalue weighted by Crippen LogP contribution is -2.51. The van der Waals surface area contributed by atoms with Crippen LogP contribution in [0.4, 0.5) is 4.39 Å².